The maximum absolute atomic E-state index is 14.9. The Kier molecular flexibility index (Phi) is 8.66. The van der Waals surface area contributed by atoms with Crippen LogP contribution in [0.2, 0.25) is 15.1 Å². The van der Waals surface area contributed by atoms with Crippen LogP contribution in [0, 0.1) is 0 Å². The summed E-state index contributed by atoms with van der Waals surface area (Å²) in [6.07, 6.45) is -10.1. The number of alkyl halides is 6. The molecule has 0 heterocycles. The van der Waals surface area contributed by atoms with Gasteiger partial charge in [0.15, 0.2) is 0 Å². The van der Waals surface area contributed by atoms with Gasteiger partial charge in [0, 0.05) is 5.56 Å². The number of rotatable bonds is 6. The third-order valence-electron chi connectivity index (χ3n) is 4.97. The Morgan fingerprint density at radius 1 is 0.865 bits per heavy atom. The van der Waals surface area contributed by atoms with E-state index in [4.69, 9.17) is 34.8 Å². The van der Waals surface area contributed by atoms with E-state index in [0.717, 1.165) is 18.2 Å². The van der Waals surface area contributed by atoms with Crippen molar-refractivity contribution in [3.05, 3.63) is 104 Å². The molecule has 0 aliphatic heterocycles. The lowest BCUT2D eigenvalue weighted by Gasteiger charge is -2.19. The molecule has 3 nitrogen and oxygen atoms in total. The van der Waals surface area contributed by atoms with Gasteiger partial charge in [0.05, 0.1) is 31.9 Å². The quantitative estimate of drug-likeness (QED) is 0.172. The van der Waals surface area contributed by atoms with Crippen molar-refractivity contribution in [3.63, 3.8) is 0 Å². The van der Waals surface area contributed by atoms with Gasteiger partial charge in [-0.1, -0.05) is 59.1 Å². The number of nitrogens with one attached hydrogen (secondary N) is 2. The van der Waals surface area contributed by atoms with Crippen LogP contribution in [0.1, 0.15) is 33.0 Å². The van der Waals surface area contributed by atoms with Gasteiger partial charge >= 0.3 is 12.4 Å². The van der Waals surface area contributed by atoms with Gasteiger partial charge in [0.1, 0.15) is 11.7 Å². The van der Waals surface area contributed by atoms with Gasteiger partial charge in [-0.25, -0.2) is 4.39 Å². The van der Waals surface area contributed by atoms with Crippen molar-refractivity contribution >= 4 is 52.2 Å². The second-order valence-corrected chi connectivity index (χ2v) is 8.73. The van der Waals surface area contributed by atoms with Gasteiger partial charge in [-0.05, 0) is 48.0 Å². The third-order valence-corrected chi connectivity index (χ3v) is 6.17. The molecule has 196 valence electrons. The van der Waals surface area contributed by atoms with E-state index in [1.165, 1.54) is 12.1 Å². The SMILES string of the molecule is O=C(NNc1ccccc1)c1ccc(/C(F)=C/C(c2cc(Cl)c(Cl)c(Cl)c2)C(F)(F)F)cc1C(F)(F)F. The van der Waals surface area contributed by atoms with Crippen molar-refractivity contribution in [2.75, 3.05) is 5.43 Å². The molecule has 0 bridgehead atoms. The first-order valence-electron chi connectivity index (χ1n) is 10.1. The molecule has 0 aromatic heterocycles. The molecule has 0 spiro atoms. The lowest BCUT2D eigenvalue weighted by atomic mass is 9.95. The average Bonchev–Trinajstić information content (AvgIpc) is 2.83. The molecule has 1 amide bonds. The van der Waals surface area contributed by atoms with Crippen LogP contribution >= 0.6 is 34.8 Å². The average molecular weight is 586 g/mol. The molecule has 1 unspecified atom stereocenters. The molecule has 3 aromatic rings. The molecule has 0 saturated heterocycles. The summed E-state index contributed by atoms with van der Waals surface area (Å²) in [5.41, 5.74) is 1.03. The van der Waals surface area contributed by atoms with E-state index in [1.807, 2.05) is 0 Å². The molecule has 37 heavy (non-hydrogen) atoms. The topological polar surface area (TPSA) is 41.1 Å². The van der Waals surface area contributed by atoms with Gasteiger partial charge in [0.25, 0.3) is 5.91 Å². The van der Waals surface area contributed by atoms with Crippen molar-refractivity contribution in [2.24, 2.45) is 0 Å². The van der Waals surface area contributed by atoms with Crippen LogP contribution < -0.4 is 10.9 Å². The first kappa shape index (κ1) is 28.6. The van der Waals surface area contributed by atoms with E-state index in [0.29, 0.717) is 11.8 Å². The van der Waals surface area contributed by atoms with Crippen LogP contribution in [0.3, 0.4) is 0 Å². The lowest BCUT2D eigenvalue weighted by molar-refractivity contribution is -0.140. The van der Waals surface area contributed by atoms with Crippen molar-refractivity contribution in [1.82, 2.24) is 5.43 Å². The summed E-state index contributed by atoms with van der Waals surface area (Å²) in [4.78, 5) is 12.4. The number of hydrazine groups is 1. The number of halogens is 10. The van der Waals surface area contributed by atoms with Gasteiger partial charge in [-0.2, -0.15) is 26.3 Å². The summed E-state index contributed by atoms with van der Waals surface area (Å²) in [6, 6.07) is 11.3. The zero-order valence-corrected chi connectivity index (χ0v) is 20.4. The molecule has 0 radical (unpaired) electrons. The van der Waals surface area contributed by atoms with E-state index in [-0.39, 0.29) is 27.2 Å². The van der Waals surface area contributed by atoms with Gasteiger partial charge in [-0.3, -0.25) is 15.6 Å². The molecular weight excluding hydrogens is 572 g/mol. The molecule has 1 atom stereocenters. The van der Waals surface area contributed by atoms with Crippen LogP contribution in [0.25, 0.3) is 5.83 Å². The third kappa shape index (κ3) is 7.09. The Labute approximate surface area is 220 Å². The molecule has 0 aliphatic rings. The number of allylic oxidation sites excluding steroid dienone is 1. The van der Waals surface area contributed by atoms with Crippen molar-refractivity contribution in [2.45, 2.75) is 18.3 Å². The number of carbonyl (C=O) groups excluding carboxylic acids is 1. The minimum absolute atomic E-state index is 0.0854. The minimum atomic E-state index is -5.13. The number of hydrogen-bond donors (Lipinski definition) is 2. The highest BCUT2D eigenvalue weighted by molar-refractivity contribution is 6.48. The Hall–Kier alpha value is -2.95. The second kappa shape index (κ2) is 11.2. The van der Waals surface area contributed by atoms with Crippen LogP contribution in [0.5, 0.6) is 0 Å². The molecule has 0 aliphatic carbocycles. The van der Waals surface area contributed by atoms with E-state index < -0.39 is 52.3 Å². The summed E-state index contributed by atoms with van der Waals surface area (Å²) >= 11 is 17.3. The van der Waals surface area contributed by atoms with Gasteiger partial charge < -0.3 is 0 Å². The Morgan fingerprint density at radius 2 is 1.46 bits per heavy atom. The molecule has 13 heteroatoms. The lowest BCUT2D eigenvalue weighted by Crippen LogP contribution is -2.31. The number of para-hydroxylation sites is 1. The van der Waals surface area contributed by atoms with Gasteiger partial charge in [0.2, 0.25) is 0 Å². The molecule has 3 aromatic carbocycles. The number of carbonyl (C=O) groups is 1. The summed E-state index contributed by atoms with van der Waals surface area (Å²) < 4.78 is 97.2. The first-order valence-corrected chi connectivity index (χ1v) is 11.2. The second-order valence-electron chi connectivity index (χ2n) is 7.54. The van der Waals surface area contributed by atoms with E-state index in [1.54, 1.807) is 18.2 Å². The number of amides is 1. The summed E-state index contributed by atoms with van der Waals surface area (Å²) in [5, 5.41) is -0.875. The van der Waals surface area contributed by atoms with E-state index in [2.05, 4.69) is 10.9 Å². The molecule has 3 rings (SSSR count). The maximum atomic E-state index is 14.9. The normalized spacial score (nSPS) is 13.3. The van der Waals surface area contributed by atoms with Crippen molar-refractivity contribution in [3.8, 4) is 0 Å². The highest BCUT2D eigenvalue weighted by Crippen LogP contribution is 2.42. The first-order chi connectivity index (χ1) is 17.2. The van der Waals surface area contributed by atoms with E-state index >= 15 is 0 Å². The number of anilines is 1. The smallest absolute Gasteiger partial charge is 0.298 e. The highest BCUT2D eigenvalue weighted by atomic mass is 35.5. The highest BCUT2D eigenvalue weighted by Gasteiger charge is 2.41. The number of benzene rings is 3. The summed E-state index contributed by atoms with van der Waals surface area (Å²) in [6.45, 7) is 0. The predicted molar refractivity (Wildman–Crippen MR) is 128 cm³/mol. The predicted octanol–water partition coefficient (Wildman–Crippen LogP) is 9.08. The van der Waals surface area contributed by atoms with Crippen LogP contribution in [0.15, 0.2) is 66.7 Å². The van der Waals surface area contributed by atoms with Crippen LogP contribution in [-0.4, -0.2) is 12.1 Å². The Morgan fingerprint density at radius 3 is 2.00 bits per heavy atom. The molecule has 0 fully saturated rings. The summed E-state index contributed by atoms with van der Waals surface area (Å²) in [5.74, 6) is -5.44. The zero-order valence-electron chi connectivity index (χ0n) is 18.1. The largest absolute Gasteiger partial charge is 0.417 e. The fourth-order valence-electron chi connectivity index (χ4n) is 3.22. The molecular formula is C24H14Cl3F7N2O. The van der Waals surface area contributed by atoms with Crippen molar-refractivity contribution < 1.29 is 35.5 Å². The van der Waals surface area contributed by atoms with E-state index in [9.17, 15) is 35.5 Å². The fraction of sp³-hybridized carbons (Fsp3) is 0.125. The molecule has 0 saturated carbocycles. The van der Waals surface area contributed by atoms with Crippen LogP contribution in [-0.2, 0) is 6.18 Å². The zero-order chi connectivity index (χ0) is 27.5. The molecule has 2 N–H and O–H groups in total. The van der Waals surface area contributed by atoms with Crippen molar-refractivity contribution in [1.29, 1.82) is 0 Å². The Balaban J connectivity index is 1.99. The van der Waals surface area contributed by atoms with Crippen LogP contribution in [0.4, 0.5) is 36.4 Å². The standard InChI is InChI=1S/C24H14Cl3F7N2O/c25-18-9-13(10-19(26)21(18)27)16(23(29,30)31)11-20(28)12-6-7-15(17(8-12)24(32,33)34)22(37)36-35-14-4-2-1-3-5-14/h1-11,16,35H,(H,36,37)/b20-11-. The monoisotopic (exact) mass is 584 g/mol. The Bertz CT molecular complexity index is 1300. The number of hydrogen-bond acceptors (Lipinski definition) is 2. The fourth-order valence-corrected chi connectivity index (χ4v) is 3.83. The maximum Gasteiger partial charge on any atom is 0.417 e. The summed E-state index contributed by atoms with van der Waals surface area (Å²) in [7, 11) is 0. The van der Waals surface area contributed by atoms with Gasteiger partial charge in [-0.15, -0.1) is 0 Å². The minimum Gasteiger partial charge on any atom is -0.298 e.